The van der Waals surface area contributed by atoms with Gasteiger partial charge in [-0.05, 0) is 18.3 Å². The molecule has 4 nitrogen and oxygen atoms in total. The van der Waals surface area contributed by atoms with Crippen LogP contribution in [0.25, 0.3) is 10.9 Å². The van der Waals surface area contributed by atoms with Crippen molar-refractivity contribution in [3.05, 3.63) is 30.0 Å². The van der Waals surface area contributed by atoms with Crippen LogP contribution in [0.1, 0.15) is 5.69 Å². The van der Waals surface area contributed by atoms with Crippen molar-refractivity contribution in [3.8, 4) is 0 Å². The van der Waals surface area contributed by atoms with Crippen molar-refractivity contribution in [2.45, 2.75) is 6.42 Å². The lowest BCUT2D eigenvalue weighted by molar-refractivity contribution is 0.554. The zero-order valence-corrected chi connectivity index (χ0v) is 8.16. The number of nitrogens with zero attached hydrogens (tertiary/aromatic N) is 2. The Morgan fingerprint density at radius 1 is 1.50 bits per heavy atom. The van der Waals surface area contributed by atoms with Crippen LogP contribution >= 0.6 is 12.2 Å². The van der Waals surface area contributed by atoms with Crippen LogP contribution in [0.15, 0.2) is 24.3 Å². The highest BCUT2D eigenvalue weighted by Crippen LogP contribution is 2.16. The topological polar surface area (TPSA) is 64.1 Å². The standard InChI is InChI=1S/C9H9N3OS/c10-12-8-4-2-1-3-6(8)7(11-12)5-9(13)14/h1-4H,5,10H2,(H,13,14). The van der Waals surface area contributed by atoms with Gasteiger partial charge in [-0.3, -0.25) is 0 Å². The van der Waals surface area contributed by atoms with Crippen LogP contribution in [0.3, 0.4) is 0 Å². The van der Waals surface area contributed by atoms with E-state index in [1.807, 2.05) is 24.3 Å². The summed E-state index contributed by atoms with van der Waals surface area (Å²) in [4.78, 5) is 1.29. The summed E-state index contributed by atoms with van der Waals surface area (Å²) in [5.74, 6) is 5.63. The third-order valence-corrected chi connectivity index (χ3v) is 2.15. The zero-order chi connectivity index (χ0) is 10.1. The molecule has 0 atom stereocenters. The third-order valence-electron chi connectivity index (χ3n) is 2.01. The molecular formula is C9H9N3OS. The Bertz CT molecular complexity index is 492. The smallest absolute Gasteiger partial charge is 0.162 e. The molecule has 5 heteroatoms. The van der Waals surface area contributed by atoms with Crippen molar-refractivity contribution in [2.75, 3.05) is 5.84 Å². The third kappa shape index (κ3) is 1.42. The van der Waals surface area contributed by atoms with Crippen LogP contribution in [0.4, 0.5) is 0 Å². The normalized spacial score (nSPS) is 10.6. The van der Waals surface area contributed by atoms with Gasteiger partial charge < -0.3 is 10.9 Å². The van der Waals surface area contributed by atoms with Gasteiger partial charge in [0.2, 0.25) is 0 Å². The summed E-state index contributed by atoms with van der Waals surface area (Å²) in [6, 6.07) is 7.55. The van der Waals surface area contributed by atoms with Crippen LogP contribution in [0, 0.1) is 0 Å². The molecule has 0 spiro atoms. The van der Waals surface area contributed by atoms with E-state index in [2.05, 4.69) is 17.3 Å². The molecular weight excluding hydrogens is 198 g/mol. The van der Waals surface area contributed by atoms with Crippen LogP contribution < -0.4 is 5.84 Å². The number of thiocarbonyl (C=S) groups is 1. The van der Waals surface area contributed by atoms with Crippen molar-refractivity contribution in [1.29, 1.82) is 0 Å². The molecule has 0 saturated heterocycles. The van der Waals surface area contributed by atoms with Gasteiger partial charge in [-0.25, -0.2) is 0 Å². The molecule has 0 amide bonds. The van der Waals surface area contributed by atoms with Crippen molar-refractivity contribution in [3.63, 3.8) is 0 Å². The predicted octanol–water partition coefficient (Wildman–Crippen LogP) is 1.18. The molecule has 1 aromatic heterocycles. The summed E-state index contributed by atoms with van der Waals surface area (Å²) in [5, 5.41) is 13.9. The number of para-hydroxylation sites is 1. The van der Waals surface area contributed by atoms with Gasteiger partial charge in [0, 0.05) is 5.39 Å². The van der Waals surface area contributed by atoms with Gasteiger partial charge in [0.25, 0.3) is 0 Å². The first-order valence-corrected chi connectivity index (χ1v) is 4.53. The zero-order valence-electron chi connectivity index (χ0n) is 7.34. The monoisotopic (exact) mass is 207 g/mol. The molecule has 3 N–H and O–H groups in total. The van der Waals surface area contributed by atoms with Gasteiger partial charge in [-0.2, -0.15) is 9.89 Å². The van der Waals surface area contributed by atoms with Crippen LogP contribution in [0.5, 0.6) is 0 Å². The lowest BCUT2D eigenvalue weighted by Gasteiger charge is -1.92. The second kappa shape index (κ2) is 3.26. The number of benzene rings is 1. The van der Waals surface area contributed by atoms with E-state index in [-0.39, 0.29) is 11.5 Å². The van der Waals surface area contributed by atoms with E-state index in [0.717, 1.165) is 10.9 Å². The molecule has 2 aromatic rings. The van der Waals surface area contributed by atoms with E-state index in [4.69, 9.17) is 10.9 Å². The van der Waals surface area contributed by atoms with Gasteiger partial charge in [-0.1, -0.05) is 18.2 Å². The molecule has 0 aliphatic rings. The molecule has 0 aliphatic carbocycles. The van der Waals surface area contributed by atoms with E-state index in [0.29, 0.717) is 5.69 Å². The maximum Gasteiger partial charge on any atom is 0.162 e. The fourth-order valence-electron chi connectivity index (χ4n) is 1.43. The average molecular weight is 207 g/mol. The van der Waals surface area contributed by atoms with Crippen molar-refractivity contribution in [2.24, 2.45) is 0 Å². The van der Waals surface area contributed by atoms with Gasteiger partial charge in [0.05, 0.1) is 17.6 Å². The molecule has 1 heterocycles. The number of fused-ring (bicyclic) bond motifs is 1. The summed E-state index contributed by atoms with van der Waals surface area (Å²) < 4.78 is 0. The summed E-state index contributed by atoms with van der Waals surface area (Å²) in [6.45, 7) is 0. The van der Waals surface area contributed by atoms with Gasteiger partial charge in [-0.15, -0.1) is 0 Å². The van der Waals surface area contributed by atoms with Gasteiger partial charge >= 0.3 is 0 Å². The Balaban J connectivity index is 2.60. The van der Waals surface area contributed by atoms with Crippen molar-refractivity contribution < 1.29 is 5.11 Å². The predicted molar refractivity (Wildman–Crippen MR) is 58.8 cm³/mol. The average Bonchev–Trinajstić information content (AvgIpc) is 2.44. The number of rotatable bonds is 2. The molecule has 0 saturated carbocycles. The molecule has 0 unspecified atom stereocenters. The number of nitrogen functional groups attached to an aromatic ring is 1. The highest BCUT2D eigenvalue weighted by Gasteiger charge is 2.09. The second-order valence-electron chi connectivity index (χ2n) is 2.98. The SMILES string of the molecule is Nn1nc(CC(O)=S)c2ccccc21. The van der Waals surface area contributed by atoms with E-state index in [1.165, 1.54) is 4.79 Å². The van der Waals surface area contributed by atoms with Crippen LogP contribution in [0.2, 0.25) is 0 Å². The first-order chi connectivity index (χ1) is 6.68. The molecule has 72 valence electrons. The Kier molecular flexibility index (Phi) is 2.09. The molecule has 14 heavy (non-hydrogen) atoms. The van der Waals surface area contributed by atoms with Crippen LogP contribution in [-0.2, 0) is 6.42 Å². The summed E-state index contributed by atoms with van der Waals surface area (Å²) in [7, 11) is 0. The number of hydrogen-bond donors (Lipinski definition) is 2. The van der Waals surface area contributed by atoms with Crippen LogP contribution in [-0.4, -0.2) is 20.0 Å². The maximum absolute atomic E-state index is 9.02. The van der Waals surface area contributed by atoms with Crippen molar-refractivity contribution >= 4 is 28.2 Å². The minimum Gasteiger partial charge on any atom is -0.502 e. The fourth-order valence-corrected chi connectivity index (χ4v) is 1.57. The highest BCUT2D eigenvalue weighted by molar-refractivity contribution is 7.80. The van der Waals surface area contributed by atoms with Gasteiger partial charge in [0.15, 0.2) is 5.05 Å². The van der Waals surface area contributed by atoms with E-state index in [9.17, 15) is 0 Å². The van der Waals surface area contributed by atoms with E-state index < -0.39 is 0 Å². The largest absolute Gasteiger partial charge is 0.502 e. The second-order valence-corrected chi connectivity index (χ2v) is 3.45. The summed E-state index contributed by atoms with van der Waals surface area (Å²) >= 11 is 4.62. The highest BCUT2D eigenvalue weighted by atomic mass is 32.1. The van der Waals surface area contributed by atoms with Crippen molar-refractivity contribution in [1.82, 2.24) is 9.89 Å². The molecule has 0 aliphatic heterocycles. The van der Waals surface area contributed by atoms with E-state index in [1.54, 1.807) is 0 Å². The Labute approximate surface area is 85.9 Å². The summed E-state index contributed by atoms with van der Waals surface area (Å²) in [5.41, 5.74) is 1.54. The first-order valence-electron chi connectivity index (χ1n) is 4.12. The lowest BCUT2D eigenvalue weighted by Crippen LogP contribution is -2.10. The molecule has 0 radical (unpaired) electrons. The number of aromatic nitrogens is 2. The Morgan fingerprint density at radius 3 is 2.93 bits per heavy atom. The maximum atomic E-state index is 9.02. The Morgan fingerprint density at radius 2 is 2.21 bits per heavy atom. The molecule has 2 rings (SSSR count). The minimum atomic E-state index is -0.0751. The quantitative estimate of drug-likeness (QED) is 0.573. The fraction of sp³-hybridized carbons (Fsp3) is 0.111. The summed E-state index contributed by atoms with van der Waals surface area (Å²) in [6.07, 6.45) is 0.264. The molecule has 0 fully saturated rings. The first kappa shape index (κ1) is 8.96. The lowest BCUT2D eigenvalue weighted by atomic mass is 10.2. The number of hydrogen-bond acceptors (Lipinski definition) is 3. The number of aliphatic hydroxyl groups is 1. The van der Waals surface area contributed by atoms with E-state index >= 15 is 0 Å². The number of aliphatic hydroxyl groups excluding tert-OH is 1. The van der Waals surface area contributed by atoms with Gasteiger partial charge in [0.1, 0.15) is 0 Å². The molecule has 1 aromatic carbocycles. The molecule has 0 bridgehead atoms. The Hall–Kier alpha value is -1.62. The minimum absolute atomic E-state index is 0.0751. The number of nitrogens with two attached hydrogens (primary N) is 1.